The van der Waals surface area contributed by atoms with E-state index in [2.05, 4.69) is 0 Å². The van der Waals surface area contributed by atoms with Gasteiger partial charge < -0.3 is 14.2 Å². The lowest BCUT2D eigenvalue weighted by Gasteiger charge is -2.58. The molecule has 0 aromatic heterocycles. The van der Waals surface area contributed by atoms with Gasteiger partial charge in [-0.1, -0.05) is 84.9 Å². The Morgan fingerprint density at radius 3 is 1.31 bits per heavy atom. The smallest absolute Gasteiger partial charge is 0.330 e. The van der Waals surface area contributed by atoms with Crippen LogP contribution in [0.3, 0.4) is 0 Å². The quantitative estimate of drug-likeness (QED) is 0.212. The Labute approximate surface area is 278 Å². The Bertz CT molecular complexity index is 1730. The van der Waals surface area contributed by atoms with Crippen LogP contribution < -0.4 is 9.47 Å². The second kappa shape index (κ2) is 12.9. The zero-order chi connectivity index (χ0) is 34.2. The van der Waals surface area contributed by atoms with Crippen LogP contribution in [0.5, 0.6) is 11.5 Å². The highest BCUT2D eigenvalue weighted by molar-refractivity contribution is 6.26. The first-order valence-corrected chi connectivity index (χ1v) is 15.5. The zero-order valence-corrected chi connectivity index (χ0v) is 27.0. The van der Waals surface area contributed by atoms with Crippen molar-refractivity contribution in [2.24, 2.45) is 17.3 Å². The summed E-state index contributed by atoms with van der Waals surface area (Å²) in [6, 6.07) is 30.7. The van der Waals surface area contributed by atoms with E-state index in [1.54, 1.807) is 123 Å². The summed E-state index contributed by atoms with van der Waals surface area (Å²) in [5, 5.41) is 19.5. The van der Waals surface area contributed by atoms with Crippen molar-refractivity contribution in [2.75, 3.05) is 28.3 Å². The number of rotatable bonds is 8. The monoisotopic (exact) mass is 644 g/mol. The third-order valence-corrected chi connectivity index (χ3v) is 9.48. The molecule has 2 N–H and O–H groups in total. The number of nitrogens with zero attached hydrogens (tertiary/aromatic N) is 2. The first-order valence-electron chi connectivity index (χ1n) is 15.5. The lowest BCUT2D eigenvalue weighted by molar-refractivity contribution is -0.132. The Hall–Kier alpha value is -5.61. The molecule has 2 heterocycles. The molecule has 4 aromatic rings. The largest absolute Gasteiger partial charge is 0.497 e. The fourth-order valence-electron chi connectivity index (χ4n) is 7.04. The van der Waals surface area contributed by atoms with Crippen molar-refractivity contribution in [2.45, 2.75) is 12.2 Å². The number of hydrogen-bond donors (Lipinski definition) is 2. The molecular weight excluding hydrogens is 608 g/mol. The average Bonchev–Trinajstić information content (AvgIpc) is 3.15. The van der Waals surface area contributed by atoms with Crippen LogP contribution in [-0.2, 0) is 4.74 Å². The summed E-state index contributed by atoms with van der Waals surface area (Å²) in [4.78, 5) is 45.8. The minimum Gasteiger partial charge on any atom is -0.497 e. The van der Waals surface area contributed by atoms with Crippen molar-refractivity contribution in [3.63, 3.8) is 0 Å². The Morgan fingerprint density at radius 2 is 0.979 bits per heavy atom. The van der Waals surface area contributed by atoms with Crippen LogP contribution in [0, 0.1) is 28.1 Å². The molecule has 244 valence electrons. The van der Waals surface area contributed by atoms with Crippen LogP contribution in [0.15, 0.2) is 109 Å². The van der Waals surface area contributed by atoms with Crippen LogP contribution >= 0.6 is 0 Å². The van der Waals surface area contributed by atoms with Gasteiger partial charge in [-0.05, 0) is 35.4 Å². The number of Topliss-reactive ketones (excluding diaryl/α,β-unsaturated/α-hetero) is 2. The SMILES string of the molecule is COc1ccc(C2OC(c3ccc(OC)cc3)C(C(=O)c3ccccc3)C3(C(=N)N(C)C(=O)N(C)C3=N)C2C(=O)c2ccccc2)cc1. The average molecular weight is 645 g/mol. The molecule has 0 bridgehead atoms. The first-order chi connectivity index (χ1) is 23.1. The van der Waals surface area contributed by atoms with Gasteiger partial charge in [0.15, 0.2) is 11.6 Å². The van der Waals surface area contributed by atoms with Gasteiger partial charge >= 0.3 is 6.03 Å². The van der Waals surface area contributed by atoms with Gasteiger partial charge in [0.2, 0.25) is 0 Å². The van der Waals surface area contributed by atoms with Crippen molar-refractivity contribution < 1.29 is 28.6 Å². The van der Waals surface area contributed by atoms with Gasteiger partial charge in [0.25, 0.3) is 0 Å². The van der Waals surface area contributed by atoms with Crippen molar-refractivity contribution in [1.82, 2.24) is 9.80 Å². The number of carbonyl (C=O) groups excluding carboxylic acids is 3. The molecule has 0 aliphatic carbocycles. The third-order valence-electron chi connectivity index (χ3n) is 9.48. The Morgan fingerprint density at radius 1 is 0.625 bits per heavy atom. The normalized spacial score (nSPS) is 24.0. The van der Waals surface area contributed by atoms with E-state index in [1.807, 2.05) is 0 Å². The van der Waals surface area contributed by atoms with E-state index in [0.717, 1.165) is 9.80 Å². The van der Waals surface area contributed by atoms with Crippen molar-refractivity contribution in [1.29, 1.82) is 10.8 Å². The molecular formula is C38H36N4O6. The predicted octanol–water partition coefficient (Wildman–Crippen LogP) is 6.45. The number of carbonyl (C=O) groups is 3. The lowest BCUT2D eigenvalue weighted by atomic mass is 9.53. The number of urea groups is 1. The van der Waals surface area contributed by atoms with E-state index in [4.69, 9.17) is 14.2 Å². The summed E-state index contributed by atoms with van der Waals surface area (Å²) in [5.74, 6) is -3.00. The number of amidine groups is 2. The number of hydrogen-bond acceptors (Lipinski definition) is 8. The number of benzene rings is 4. The molecule has 0 saturated carbocycles. The molecule has 10 heteroatoms. The van der Waals surface area contributed by atoms with E-state index in [9.17, 15) is 15.6 Å². The molecule has 0 radical (unpaired) electrons. The predicted molar refractivity (Wildman–Crippen MR) is 180 cm³/mol. The Kier molecular flexibility index (Phi) is 8.68. The fraction of sp³-hybridized carbons (Fsp3) is 0.237. The number of amides is 2. The van der Waals surface area contributed by atoms with Crippen molar-refractivity contribution in [3.8, 4) is 11.5 Å². The van der Waals surface area contributed by atoms with Gasteiger partial charge in [-0.25, -0.2) is 4.79 Å². The summed E-state index contributed by atoms with van der Waals surface area (Å²) >= 11 is 0. The number of nitrogens with one attached hydrogen (secondary N) is 2. The van der Waals surface area contributed by atoms with Crippen LogP contribution in [0.4, 0.5) is 4.79 Å². The molecule has 4 aromatic carbocycles. The van der Waals surface area contributed by atoms with Gasteiger partial charge in [-0.2, -0.15) is 0 Å². The lowest BCUT2D eigenvalue weighted by Crippen LogP contribution is -2.72. The molecule has 4 atom stereocenters. The maximum Gasteiger partial charge on any atom is 0.330 e. The van der Waals surface area contributed by atoms with E-state index >= 15 is 9.59 Å². The fourth-order valence-corrected chi connectivity index (χ4v) is 7.04. The van der Waals surface area contributed by atoms with Crippen LogP contribution in [0.25, 0.3) is 0 Å². The highest BCUT2D eigenvalue weighted by Gasteiger charge is 2.69. The highest BCUT2D eigenvalue weighted by atomic mass is 16.5. The molecule has 4 unspecified atom stereocenters. The molecule has 2 amide bonds. The summed E-state index contributed by atoms with van der Waals surface area (Å²) < 4.78 is 17.8. The maximum atomic E-state index is 15.0. The van der Waals surface area contributed by atoms with Crippen LogP contribution in [0.1, 0.15) is 44.1 Å². The van der Waals surface area contributed by atoms with Gasteiger partial charge in [-0.15, -0.1) is 0 Å². The number of methoxy groups -OCH3 is 2. The van der Waals surface area contributed by atoms with E-state index < -0.39 is 47.1 Å². The van der Waals surface area contributed by atoms with Crippen molar-refractivity contribution in [3.05, 3.63) is 131 Å². The number of ketones is 2. The molecule has 48 heavy (non-hydrogen) atoms. The van der Waals surface area contributed by atoms with Gasteiger partial charge in [-0.3, -0.25) is 30.2 Å². The topological polar surface area (TPSA) is 133 Å². The minimum absolute atomic E-state index is 0.320. The van der Waals surface area contributed by atoms with E-state index in [0.29, 0.717) is 33.8 Å². The van der Waals surface area contributed by atoms with Gasteiger partial charge in [0.1, 0.15) is 28.6 Å². The van der Waals surface area contributed by atoms with E-state index in [-0.39, 0.29) is 11.7 Å². The standard InChI is InChI=1S/C38H36N4O6/c1-41-35(39)38(36(40)42(2)37(41)45)29(31(43)23-11-7-5-8-12-23)33(25-15-19-27(46-3)20-16-25)48-34(26-17-21-28(47-4)22-18-26)30(38)32(44)24-13-9-6-10-14-24/h5-22,29-30,33-34,39-40H,1-4H3. The Balaban J connectivity index is 1.71. The summed E-state index contributed by atoms with van der Waals surface area (Å²) in [5.41, 5.74) is -0.168. The third kappa shape index (κ3) is 5.14. The molecule has 2 saturated heterocycles. The van der Waals surface area contributed by atoms with Crippen molar-refractivity contribution >= 4 is 29.3 Å². The van der Waals surface area contributed by atoms with Gasteiger partial charge in [0.05, 0.1) is 38.3 Å². The summed E-state index contributed by atoms with van der Waals surface area (Å²) in [7, 11) is 5.97. The second-order valence-corrected chi connectivity index (χ2v) is 11.9. The number of ether oxygens (including phenoxy) is 3. The second-order valence-electron chi connectivity index (χ2n) is 11.9. The highest BCUT2D eigenvalue weighted by Crippen LogP contribution is 2.60. The molecule has 10 nitrogen and oxygen atoms in total. The van der Waals surface area contributed by atoms with Crippen LogP contribution in [-0.4, -0.2) is 67.4 Å². The first kappa shape index (κ1) is 32.3. The maximum absolute atomic E-state index is 15.0. The molecule has 2 fully saturated rings. The molecule has 1 spiro atoms. The summed E-state index contributed by atoms with van der Waals surface area (Å²) in [6.07, 6.45) is -2.13. The molecule has 2 aliphatic heterocycles. The summed E-state index contributed by atoms with van der Waals surface area (Å²) in [6.45, 7) is 0. The van der Waals surface area contributed by atoms with Gasteiger partial charge in [0, 0.05) is 25.2 Å². The van der Waals surface area contributed by atoms with Crippen LogP contribution in [0.2, 0.25) is 0 Å². The van der Waals surface area contributed by atoms with E-state index in [1.165, 1.54) is 14.1 Å². The molecule has 2 aliphatic rings. The minimum atomic E-state index is -1.97. The molecule has 6 rings (SSSR count). The zero-order valence-electron chi connectivity index (χ0n) is 27.0.